The number of aryl methyl sites for hydroxylation is 1. The summed E-state index contributed by atoms with van der Waals surface area (Å²) in [7, 11) is 2.16. The minimum absolute atomic E-state index is 0.0166. The van der Waals surface area contributed by atoms with Crippen LogP contribution in [0.5, 0.6) is 11.5 Å². The maximum atomic E-state index is 5.85. The van der Waals surface area contributed by atoms with Crippen LogP contribution in [0.3, 0.4) is 0 Å². The molecule has 3 heteroatoms. The van der Waals surface area contributed by atoms with E-state index in [1.165, 1.54) is 22.4 Å². The first-order valence-electron chi connectivity index (χ1n) is 10.3. The van der Waals surface area contributed by atoms with Crippen LogP contribution in [-0.2, 0) is 0 Å². The number of benzene rings is 3. The summed E-state index contributed by atoms with van der Waals surface area (Å²) in [5.41, 5.74) is 7.14. The van der Waals surface area contributed by atoms with Crippen molar-refractivity contribution in [2.45, 2.75) is 33.2 Å². The predicted octanol–water partition coefficient (Wildman–Crippen LogP) is 7.17. The summed E-state index contributed by atoms with van der Waals surface area (Å²) in [6.45, 7) is 8.83. The number of allylic oxidation sites excluding steroid dienone is 1. The van der Waals surface area contributed by atoms with Crippen LogP contribution in [0.1, 0.15) is 37.5 Å². The number of para-hydroxylation sites is 1. The molecular weight excluding hydrogens is 368 g/mol. The molecule has 1 aliphatic heterocycles. The number of anilines is 1. The first-order valence-corrected chi connectivity index (χ1v) is 10.3. The Balaban J connectivity index is 1.55. The van der Waals surface area contributed by atoms with E-state index in [2.05, 4.69) is 57.9 Å². The molecule has 0 saturated carbocycles. The molecule has 0 spiro atoms. The van der Waals surface area contributed by atoms with Crippen molar-refractivity contribution in [1.29, 1.82) is 0 Å². The van der Waals surface area contributed by atoms with Gasteiger partial charge in [0.1, 0.15) is 11.5 Å². The molecule has 3 aromatic carbocycles. The molecule has 0 amide bonds. The molecule has 0 aliphatic carbocycles. The van der Waals surface area contributed by atoms with E-state index in [9.17, 15) is 0 Å². The zero-order valence-corrected chi connectivity index (χ0v) is 18.3. The van der Waals surface area contributed by atoms with E-state index < -0.39 is 0 Å². The monoisotopic (exact) mass is 396 g/mol. The van der Waals surface area contributed by atoms with Gasteiger partial charge in [0.15, 0.2) is 0 Å². The lowest BCUT2D eigenvalue weighted by molar-refractivity contribution is 0.483. The molecule has 0 unspecified atom stereocenters. The van der Waals surface area contributed by atoms with Crippen molar-refractivity contribution >= 4 is 23.2 Å². The van der Waals surface area contributed by atoms with Gasteiger partial charge >= 0.3 is 0 Å². The average molecular weight is 397 g/mol. The minimum Gasteiger partial charge on any atom is -0.457 e. The number of ether oxygens (including phenoxy) is 1. The summed E-state index contributed by atoms with van der Waals surface area (Å²) < 4.78 is 5.85. The third-order valence-electron chi connectivity index (χ3n) is 5.77. The van der Waals surface area contributed by atoms with Crippen LogP contribution in [0, 0.1) is 6.92 Å². The van der Waals surface area contributed by atoms with Gasteiger partial charge in [-0.25, -0.2) is 0 Å². The number of hydrogen-bond donors (Lipinski definition) is 0. The largest absolute Gasteiger partial charge is 0.457 e. The lowest BCUT2D eigenvalue weighted by Crippen LogP contribution is -2.42. The van der Waals surface area contributed by atoms with Gasteiger partial charge in [-0.2, -0.15) is 0 Å². The maximum Gasteiger partial charge on any atom is 0.127 e. The molecular formula is C27H28N2O. The number of nitrogens with zero attached hydrogens (tertiary/aromatic N) is 2. The normalized spacial score (nSPS) is 15.1. The Hall–Kier alpha value is -3.33. The first kappa shape index (κ1) is 20.0. The third-order valence-corrected chi connectivity index (χ3v) is 5.77. The SMILES string of the molecule is CC1=CC(C)(C)N(C)c2cc(C)c(C=Nc3ccc(Oc4ccccc4)cc3)cc21. The van der Waals surface area contributed by atoms with Crippen molar-refractivity contribution in [3.8, 4) is 11.5 Å². The summed E-state index contributed by atoms with van der Waals surface area (Å²) in [5.74, 6) is 1.63. The van der Waals surface area contributed by atoms with E-state index >= 15 is 0 Å². The Labute approximate surface area is 179 Å². The highest BCUT2D eigenvalue weighted by Crippen LogP contribution is 2.39. The van der Waals surface area contributed by atoms with E-state index in [0.29, 0.717) is 0 Å². The van der Waals surface area contributed by atoms with Gasteiger partial charge in [-0.05, 0) is 92.9 Å². The second-order valence-electron chi connectivity index (χ2n) is 8.43. The standard InChI is InChI=1S/C27H28N2O/c1-19-15-26-25(20(2)17-27(3,4)29(26)5)16-21(19)18-28-22-11-13-24(14-12-22)30-23-9-7-6-8-10-23/h6-18H,1-5H3. The highest BCUT2D eigenvalue weighted by Gasteiger charge is 2.28. The summed E-state index contributed by atoms with van der Waals surface area (Å²) in [5, 5.41) is 0. The molecule has 0 atom stereocenters. The maximum absolute atomic E-state index is 5.85. The van der Waals surface area contributed by atoms with Crippen LogP contribution in [0.4, 0.5) is 11.4 Å². The number of likely N-dealkylation sites (N-methyl/N-ethyl adjacent to an activating group) is 1. The smallest absolute Gasteiger partial charge is 0.127 e. The molecule has 1 aliphatic rings. The molecule has 3 nitrogen and oxygen atoms in total. The zero-order valence-electron chi connectivity index (χ0n) is 18.3. The molecule has 0 bridgehead atoms. The number of fused-ring (bicyclic) bond motifs is 1. The first-order chi connectivity index (χ1) is 14.3. The Kier molecular flexibility index (Phi) is 5.21. The van der Waals surface area contributed by atoms with Crippen LogP contribution < -0.4 is 9.64 Å². The molecule has 4 rings (SSSR count). The topological polar surface area (TPSA) is 24.8 Å². The summed E-state index contributed by atoms with van der Waals surface area (Å²) in [6.07, 6.45) is 4.28. The lowest BCUT2D eigenvalue weighted by Gasteiger charge is -2.41. The average Bonchev–Trinajstić information content (AvgIpc) is 2.72. The van der Waals surface area contributed by atoms with Crippen LogP contribution in [0.15, 0.2) is 77.8 Å². The Morgan fingerprint density at radius 3 is 2.27 bits per heavy atom. The van der Waals surface area contributed by atoms with Crippen molar-refractivity contribution in [3.05, 3.63) is 89.5 Å². The summed E-state index contributed by atoms with van der Waals surface area (Å²) in [4.78, 5) is 7.04. The summed E-state index contributed by atoms with van der Waals surface area (Å²) >= 11 is 0. The number of aliphatic imine (C=N–C) groups is 1. The second kappa shape index (κ2) is 7.83. The molecule has 0 fully saturated rings. The predicted molar refractivity (Wildman–Crippen MR) is 128 cm³/mol. The molecule has 0 N–H and O–H groups in total. The quantitative estimate of drug-likeness (QED) is 0.437. The lowest BCUT2D eigenvalue weighted by atomic mass is 9.87. The van der Waals surface area contributed by atoms with Crippen molar-refractivity contribution in [1.82, 2.24) is 0 Å². The number of hydrogen-bond acceptors (Lipinski definition) is 3. The number of rotatable bonds is 4. The van der Waals surface area contributed by atoms with E-state index in [1.807, 2.05) is 60.8 Å². The Morgan fingerprint density at radius 1 is 0.900 bits per heavy atom. The van der Waals surface area contributed by atoms with Crippen LogP contribution >= 0.6 is 0 Å². The molecule has 0 saturated heterocycles. The van der Waals surface area contributed by atoms with Crippen molar-refractivity contribution in [2.75, 3.05) is 11.9 Å². The minimum atomic E-state index is 0.0166. The fourth-order valence-corrected chi connectivity index (χ4v) is 3.83. The molecule has 152 valence electrons. The third kappa shape index (κ3) is 4.02. The van der Waals surface area contributed by atoms with E-state index in [0.717, 1.165) is 22.7 Å². The van der Waals surface area contributed by atoms with Gasteiger partial charge in [-0.1, -0.05) is 24.3 Å². The highest BCUT2D eigenvalue weighted by molar-refractivity contribution is 5.90. The Morgan fingerprint density at radius 2 is 1.57 bits per heavy atom. The van der Waals surface area contributed by atoms with Crippen molar-refractivity contribution in [2.24, 2.45) is 4.99 Å². The second-order valence-corrected chi connectivity index (χ2v) is 8.43. The van der Waals surface area contributed by atoms with E-state index in [1.54, 1.807) is 0 Å². The van der Waals surface area contributed by atoms with E-state index in [-0.39, 0.29) is 5.54 Å². The Bertz CT molecular complexity index is 1110. The molecule has 0 aromatic heterocycles. The fraction of sp³-hybridized carbons (Fsp3) is 0.222. The van der Waals surface area contributed by atoms with Gasteiger partial charge in [0.2, 0.25) is 0 Å². The van der Waals surface area contributed by atoms with Gasteiger partial charge in [-0.3, -0.25) is 4.99 Å². The zero-order chi connectivity index (χ0) is 21.3. The van der Waals surface area contributed by atoms with Crippen LogP contribution in [0.2, 0.25) is 0 Å². The highest BCUT2D eigenvalue weighted by atomic mass is 16.5. The molecule has 1 heterocycles. The van der Waals surface area contributed by atoms with E-state index in [4.69, 9.17) is 9.73 Å². The van der Waals surface area contributed by atoms with Gasteiger partial charge in [0.25, 0.3) is 0 Å². The molecule has 3 aromatic rings. The van der Waals surface area contributed by atoms with Gasteiger partial charge in [0.05, 0.1) is 11.2 Å². The van der Waals surface area contributed by atoms with Crippen LogP contribution in [-0.4, -0.2) is 18.8 Å². The molecule has 30 heavy (non-hydrogen) atoms. The van der Waals surface area contributed by atoms with Gasteiger partial charge < -0.3 is 9.64 Å². The van der Waals surface area contributed by atoms with Crippen molar-refractivity contribution in [3.63, 3.8) is 0 Å². The van der Waals surface area contributed by atoms with Gasteiger partial charge in [0, 0.05) is 24.5 Å². The fourth-order valence-electron chi connectivity index (χ4n) is 3.83. The molecule has 0 radical (unpaired) electrons. The van der Waals surface area contributed by atoms with Crippen molar-refractivity contribution < 1.29 is 4.74 Å². The van der Waals surface area contributed by atoms with Crippen LogP contribution in [0.25, 0.3) is 5.57 Å². The van der Waals surface area contributed by atoms with Gasteiger partial charge in [-0.15, -0.1) is 0 Å². The summed E-state index contributed by atoms with van der Waals surface area (Å²) in [6, 6.07) is 22.2.